The van der Waals surface area contributed by atoms with Gasteiger partial charge in [-0.15, -0.1) is 0 Å². The second-order valence-corrected chi connectivity index (χ2v) is 6.39. The minimum Gasteiger partial charge on any atom is -0.481 e. The molecule has 0 spiro atoms. The van der Waals surface area contributed by atoms with Crippen molar-refractivity contribution in [1.82, 2.24) is 9.80 Å². The molecule has 0 bridgehead atoms. The highest BCUT2D eigenvalue weighted by Gasteiger charge is 2.27. The van der Waals surface area contributed by atoms with Crippen LogP contribution in [0.1, 0.15) is 39.0 Å². The van der Waals surface area contributed by atoms with Crippen molar-refractivity contribution in [1.29, 1.82) is 0 Å². The minimum absolute atomic E-state index is 0.246. The summed E-state index contributed by atoms with van der Waals surface area (Å²) in [6.07, 6.45) is 4.25. The molecule has 2 heterocycles. The van der Waals surface area contributed by atoms with Crippen molar-refractivity contribution in [3.05, 3.63) is 0 Å². The van der Waals surface area contributed by atoms with Gasteiger partial charge in [0.05, 0.1) is 6.54 Å². The van der Waals surface area contributed by atoms with Gasteiger partial charge >= 0.3 is 5.97 Å². The van der Waals surface area contributed by atoms with Crippen LogP contribution in [0.2, 0.25) is 0 Å². The number of carbonyl (C=O) groups is 2. The van der Waals surface area contributed by atoms with Crippen LogP contribution in [0.25, 0.3) is 0 Å². The van der Waals surface area contributed by atoms with E-state index in [9.17, 15) is 9.59 Å². The van der Waals surface area contributed by atoms with Crippen LogP contribution in [0.15, 0.2) is 0 Å². The van der Waals surface area contributed by atoms with Crippen LogP contribution in [-0.2, 0) is 9.59 Å². The molecule has 2 saturated heterocycles. The third kappa shape index (κ3) is 4.47. The monoisotopic (exact) mass is 282 g/mol. The molecule has 1 unspecified atom stereocenters. The number of carboxylic acid groups (broad SMARTS) is 1. The van der Waals surface area contributed by atoms with Crippen molar-refractivity contribution in [3.8, 4) is 0 Å². The van der Waals surface area contributed by atoms with E-state index >= 15 is 0 Å². The van der Waals surface area contributed by atoms with E-state index in [1.807, 2.05) is 4.90 Å². The average molecular weight is 282 g/mol. The highest BCUT2D eigenvalue weighted by molar-refractivity contribution is 5.78. The number of hydrogen-bond donors (Lipinski definition) is 1. The number of piperidine rings is 1. The van der Waals surface area contributed by atoms with E-state index in [1.54, 1.807) is 0 Å². The van der Waals surface area contributed by atoms with Gasteiger partial charge in [0.25, 0.3) is 0 Å². The van der Waals surface area contributed by atoms with Gasteiger partial charge in [0.1, 0.15) is 0 Å². The maximum atomic E-state index is 12.2. The molecule has 2 aliphatic rings. The Kier molecular flexibility index (Phi) is 5.40. The molecule has 1 atom stereocenters. The zero-order valence-corrected chi connectivity index (χ0v) is 12.4. The molecule has 1 amide bonds. The predicted octanol–water partition coefficient (Wildman–Crippen LogP) is 1.43. The predicted molar refractivity (Wildman–Crippen MR) is 76.4 cm³/mol. The Morgan fingerprint density at radius 3 is 2.50 bits per heavy atom. The Morgan fingerprint density at radius 2 is 1.85 bits per heavy atom. The summed E-state index contributed by atoms with van der Waals surface area (Å²) < 4.78 is 0. The van der Waals surface area contributed by atoms with Gasteiger partial charge in [0.15, 0.2) is 0 Å². The van der Waals surface area contributed by atoms with Crippen molar-refractivity contribution < 1.29 is 14.7 Å². The van der Waals surface area contributed by atoms with Gasteiger partial charge in [0, 0.05) is 26.1 Å². The van der Waals surface area contributed by atoms with E-state index in [-0.39, 0.29) is 12.3 Å². The number of likely N-dealkylation sites (tertiary alicyclic amines) is 2. The summed E-state index contributed by atoms with van der Waals surface area (Å²) >= 11 is 0. The molecule has 2 rings (SSSR count). The van der Waals surface area contributed by atoms with Crippen molar-refractivity contribution in [2.45, 2.75) is 39.0 Å². The SMILES string of the molecule is CC1CCN(C(=O)CN2CCC(CCC(=O)O)C2)CC1. The van der Waals surface area contributed by atoms with E-state index in [0.29, 0.717) is 12.5 Å². The third-order valence-corrected chi connectivity index (χ3v) is 4.63. The topological polar surface area (TPSA) is 60.9 Å². The average Bonchev–Trinajstić information content (AvgIpc) is 2.84. The zero-order chi connectivity index (χ0) is 14.5. The molecule has 2 fully saturated rings. The van der Waals surface area contributed by atoms with Gasteiger partial charge in [-0.05, 0) is 44.1 Å². The summed E-state index contributed by atoms with van der Waals surface area (Å²) in [4.78, 5) is 27.0. The number of hydrogen-bond acceptors (Lipinski definition) is 3. The van der Waals surface area contributed by atoms with Crippen molar-refractivity contribution in [2.24, 2.45) is 11.8 Å². The van der Waals surface area contributed by atoms with Crippen molar-refractivity contribution in [3.63, 3.8) is 0 Å². The molecule has 0 aromatic heterocycles. The van der Waals surface area contributed by atoms with Crippen LogP contribution in [-0.4, -0.2) is 59.5 Å². The quantitative estimate of drug-likeness (QED) is 0.828. The number of nitrogens with zero attached hydrogens (tertiary/aromatic N) is 2. The number of carboxylic acids is 1. The summed E-state index contributed by atoms with van der Waals surface area (Å²) in [6, 6.07) is 0. The highest BCUT2D eigenvalue weighted by atomic mass is 16.4. The Bertz CT molecular complexity index is 351. The third-order valence-electron chi connectivity index (χ3n) is 4.63. The molecule has 5 heteroatoms. The number of rotatable bonds is 5. The van der Waals surface area contributed by atoms with Crippen LogP contribution in [0.5, 0.6) is 0 Å². The molecule has 0 radical (unpaired) electrons. The smallest absolute Gasteiger partial charge is 0.303 e. The van der Waals surface area contributed by atoms with Gasteiger partial charge in [0.2, 0.25) is 5.91 Å². The summed E-state index contributed by atoms with van der Waals surface area (Å²) in [5, 5.41) is 8.70. The van der Waals surface area contributed by atoms with Gasteiger partial charge in [-0.3, -0.25) is 14.5 Å². The molecule has 0 aromatic rings. The van der Waals surface area contributed by atoms with E-state index in [0.717, 1.165) is 57.8 Å². The minimum atomic E-state index is -0.720. The van der Waals surface area contributed by atoms with E-state index < -0.39 is 5.97 Å². The second kappa shape index (κ2) is 7.07. The molecular formula is C15H26N2O3. The molecule has 0 aliphatic carbocycles. The summed E-state index contributed by atoms with van der Waals surface area (Å²) in [6.45, 7) is 6.36. The zero-order valence-electron chi connectivity index (χ0n) is 12.4. The fourth-order valence-electron chi connectivity index (χ4n) is 3.17. The lowest BCUT2D eigenvalue weighted by Gasteiger charge is -2.31. The maximum absolute atomic E-state index is 12.2. The lowest BCUT2D eigenvalue weighted by molar-refractivity contribution is -0.137. The van der Waals surface area contributed by atoms with E-state index in [4.69, 9.17) is 5.11 Å². The summed E-state index contributed by atoms with van der Waals surface area (Å²) in [7, 11) is 0. The molecule has 0 saturated carbocycles. The molecule has 20 heavy (non-hydrogen) atoms. The van der Waals surface area contributed by atoms with E-state index in [1.165, 1.54) is 0 Å². The first-order valence-corrected chi connectivity index (χ1v) is 7.76. The fraction of sp³-hybridized carbons (Fsp3) is 0.867. The first kappa shape index (κ1) is 15.3. The van der Waals surface area contributed by atoms with Crippen molar-refractivity contribution in [2.75, 3.05) is 32.7 Å². The summed E-state index contributed by atoms with van der Waals surface area (Å²) in [5.74, 6) is 0.712. The first-order chi connectivity index (χ1) is 9.54. The van der Waals surface area contributed by atoms with E-state index in [2.05, 4.69) is 11.8 Å². The van der Waals surface area contributed by atoms with Crippen LogP contribution < -0.4 is 0 Å². The molecule has 114 valence electrons. The lowest BCUT2D eigenvalue weighted by atomic mass is 9.99. The van der Waals surface area contributed by atoms with Crippen LogP contribution in [0.4, 0.5) is 0 Å². The van der Waals surface area contributed by atoms with Gasteiger partial charge in [-0.25, -0.2) is 0 Å². The number of carbonyl (C=O) groups excluding carboxylic acids is 1. The molecular weight excluding hydrogens is 256 g/mol. The van der Waals surface area contributed by atoms with Crippen LogP contribution in [0.3, 0.4) is 0 Å². The molecule has 5 nitrogen and oxygen atoms in total. The van der Waals surface area contributed by atoms with Gasteiger partial charge in [-0.2, -0.15) is 0 Å². The van der Waals surface area contributed by atoms with Crippen LogP contribution >= 0.6 is 0 Å². The standard InChI is InChI=1S/C15H26N2O3/c1-12-4-8-17(9-5-12)14(18)11-16-7-6-13(10-16)2-3-15(19)20/h12-13H,2-11H2,1H3,(H,19,20). The van der Waals surface area contributed by atoms with Gasteiger partial charge < -0.3 is 10.0 Å². The largest absolute Gasteiger partial charge is 0.481 e. The number of amides is 1. The number of aliphatic carboxylic acids is 1. The second-order valence-electron chi connectivity index (χ2n) is 6.39. The normalized spacial score (nSPS) is 25.1. The first-order valence-electron chi connectivity index (χ1n) is 7.76. The Hall–Kier alpha value is -1.10. The Morgan fingerprint density at radius 1 is 1.15 bits per heavy atom. The maximum Gasteiger partial charge on any atom is 0.303 e. The fourth-order valence-corrected chi connectivity index (χ4v) is 3.17. The highest BCUT2D eigenvalue weighted by Crippen LogP contribution is 2.21. The van der Waals surface area contributed by atoms with Gasteiger partial charge in [-0.1, -0.05) is 6.92 Å². The molecule has 2 aliphatic heterocycles. The molecule has 0 aromatic carbocycles. The molecule has 1 N–H and O–H groups in total. The van der Waals surface area contributed by atoms with Crippen molar-refractivity contribution >= 4 is 11.9 Å². The lowest BCUT2D eigenvalue weighted by Crippen LogP contribution is -2.43. The summed E-state index contributed by atoms with van der Waals surface area (Å²) in [5.41, 5.74) is 0. The van der Waals surface area contributed by atoms with Crippen LogP contribution in [0, 0.1) is 11.8 Å². The Labute approximate surface area is 120 Å². The Balaban J connectivity index is 1.69.